The van der Waals surface area contributed by atoms with Crippen molar-refractivity contribution in [2.24, 2.45) is 0 Å². The minimum Gasteiger partial charge on any atom is -0.507 e. The molecule has 74 valence electrons. The smallest absolute Gasteiger partial charge is 0.170 e. The summed E-state index contributed by atoms with van der Waals surface area (Å²) in [4.78, 5) is 0. The van der Waals surface area contributed by atoms with Crippen molar-refractivity contribution in [2.75, 3.05) is 0 Å². The van der Waals surface area contributed by atoms with Crippen LogP contribution in [0.4, 0.5) is 0 Å². The molecule has 0 radical (unpaired) electrons. The third-order valence-corrected chi connectivity index (χ3v) is 2.02. The van der Waals surface area contributed by atoms with Crippen molar-refractivity contribution in [1.29, 1.82) is 5.26 Å². The lowest BCUT2D eigenvalue weighted by Gasteiger charge is -2.14. The summed E-state index contributed by atoms with van der Waals surface area (Å²) in [7, 11) is 0. The second kappa shape index (κ2) is 4.09. The van der Waals surface area contributed by atoms with E-state index in [4.69, 9.17) is 10.4 Å². The molecule has 0 fully saturated rings. The van der Waals surface area contributed by atoms with E-state index in [1.165, 1.54) is 12.1 Å². The lowest BCUT2D eigenvalue weighted by molar-refractivity contribution is 0.0511. The van der Waals surface area contributed by atoms with Crippen molar-refractivity contribution in [3.05, 3.63) is 29.3 Å². The lowest BCUT2D eigenvalue weighted by atomic mass is 10.0. The van der Waals surface area contributed by atoms with Crippen molar-refractivity contribution >= 4 is 0 Å². The molecule has 0 aliphatic heterocycles. The van der Waals surface area contributed by atoms with Crippen LogP contribution in [-0.4, -0.2) is 21.4 Å². The zero-order valence-corrected chi connectivity index (χ0v) is 7.68. The van der Waals surface area contributed by atoms with E-state index in [0.29, 0.717) is 5.56 Å². The summed E-state index contributed by atoms with van der Waals surface area (Å²) < 4.78 is 0. The van der Waals surface area contributed by atoms with Gasteiger partial charge in [0.2, 0.25) is 0 Å². The van der Waals surface area contributed by atoms with Crippen molar-refractivity contribution < 1.29 is 15.3 Å². The van der Waals surface area contributed by atoms with E-state index in [2.05, 4.69) is 0 Å². The van der Waals surface area contributed by atoms with Crippen molar-refractivity contribution in [3.63, 3.8) is 0 Å². The summed E-state index contributed by atoms with van der Waals surface area (Å²) in [6.07, 6.45) is -2.90. The van der Waals surface area contributed by atoms with Crippen LogP contribution in [0.1, 0.15) is 17.2 Å². The summed E-state index contributed by atoms with van der Waals surface area (Å²) in [6, 6.07) is 6.28. The zero-order chi connectivity index (χ0) is 10.7. The molecule has 1 aromatic rings. The number of phenols is 1. The number of rotatable bonds is 2. The Bertz CT molecular complexity index is 370. The molecule has 1 aromatic carbocycles. The number of aliphatic hydroxyl groups is 2. The molecular weight excluding hydrogens is 182 g/mol. The van der Waals surface area contributed by atoms with Crippen LogP contribution in [0.2, 0.25) is 0 Å². The first-order valence-corrected chi connectivity index (χ1v) is 4.12. The fourth-order valence-corrected chi connectivity index (χ4v) is 1.16. The van der Waals surface area contributed by atoms with E-state index in [-0.39, 0.29) is 11.3 Å². The molecule has 2 unspecified atom stereocenters. The fourth-order valence-electron chi connectivity index (χ4n) is 1.16. The van der Waals surface area contributed by atoms with Crippen LogP contribution in [0.25, 0.3) is 0 Å². The van der Waals surface area contributed by atoms with Crippen LogP contribution < -0.4 is 0 Å². The number of aliphatic hydroxyl groups excluding tert-OH is 2. The summed E-state index contributed by atoms with van der Waals surface area (Å²) >= 11 is 0. The summed E-state index contributed by atoms with van der Waals surface area (Å²) in [5, 5.41) is 36.5. The lowest BCUT2D eigenvalue weighted by Crippen LogP contribution is -2.15. The second-order valence-corrected chi connectivity index (χ2v) is 3.03. The Balaban J connectivity index is 3.08. The van der Waals surface area contributed by atoms with Crippen LogP contribution in [0.3, 0.4) is 0 Å². The van der Waals surface area contributed by atoms with E-state index in [1.807, 2.05) is 0 Å². The number of hydrogen-bond acceptors (Lipinski definition) is 4. The van der Waals surface area contributed by atoms with Crippen LogP contribution in [-0.2, 0) is 0 Å². The minimum atomic E-state index is -1.53. The number of para-hydroxylation sites is 1. The molecule has 2 atom stereocenters. The van der Waals surface area contributed by atoms with Gasteiger partial charge in [0.05, 0.1) is 6.07 Å². The first-order valence-electron chi connectivity index (χ1n) is 4.12. The summed E-state index contributed by atoms with van der Waals surface area (Å²) in [5.74, 6) is -0.0886. The van der Waals surface area contributed by atoms with Gasteiger partial charge < -0.3 is 15.3 Å². The standard InChI is InChI=1S/C10H11NO3/c1-6-3-2-4-7(9(6)13)10(14)8(12)5-11/h2-4,8,10,12-14H,1H3. The number of nitrogens with zero attached hydrogens (tertiary/aromatic N) is 1. The van der Waals surface area contributed by atoms with Crippen LogP contribution >= 0.6 is 0 Å². The van der Waals surface area contributed by atoms with Crippen LogP contribution in [0, 0.1) is 18.3 Å². The maximum Gasteiger partial charge on any atom is 0.170 e. The Labute approximate surface area is 81.7 Å². The van der Waals surface area contributed by atoms with Crippen molar-refractivity contribution in [2.45, 2.75) is 19.1 Å². The molecule has 0 saturated heterocycles. The topological polar surface area (TPSA) is 84.5 Å². The number of nitriles is 1. The van der Waals surface area contributed by atoms with Gasteiger partial charge in [0.15, 0.2) is 6.10 Å². The normalized spacial score (nSPS) is 14.4. The van der Waals surface area contributed by atoms with Gasteiger partial charge in [0, 0.05) is 5.56 Å². The molecule has 4 heteroatoms. The number of hydrogen-bond donors (Lipinski definition) is 3. The summed E-state index contributed by atoms with van der Waals surface area (Å²) in [6.45, 7) is 1.67. The van der Waals surface area contributed by atoms with E-state index in [9.17, 15) is 10.2 Å². The first-order chi connectivity index (χ1) is 6.57. The van der Waals surface area contributed by atoms with E-state index in [0.717, 1.165) is 0 Å². The number of phenolic OH excluding ortho intramolecular Hbond substituents is 1. The van der Waals surface area contributed by atoms with Crippen molar-refractivity contribution in [1.82, 2.24) is 0 Å². The van der Waals surface area contributed by atoms with Gasteiger partial charge in [-0.2, -0.15) is 5.26 Å². The molecule has 3 N–H and O–H groups in total. The van der Waals surface area contributed by atoms with Crippen molar-refractivity contribution in [3.8, 4) is 11.8 Å². The molecule has 4 nitrogen and oxygen atoms in total. The molecular formula is C10H11NO3. The highest BCUT2D eigenvalue weighted by atomic mass is 16.3. The molecule has 0 heterocycles. The van der Waals surface area contributed by atoms with Gasteiger partial charge in [-0.05, 0) is 12.5 Å². The van der Waals surface area contributed by atoms with E-state index < -0.39 is 12.2 Å². The number of aryl methyl sites for hydroxylation is 1. The monoisotopic (exact) mass is 193 g/mol. The molecule has 0 amide bonds. The highest BCUT2D eigenvalue weighted by Crippen LogP contribution is 2.28. The molecule has 0 saturated carbocycles. The van der Waals surface area contributed by atoms with E-state index in [1.54, 1.807) is 19.1 Å². The SMILES string of the molecule is Cc1cccc(C(O)C(O)C#N)c1O. The largest absolute Gasteiger partial charge is 0.507 e. The van der Waals surface area contributed by atoms with Crippen LogP contribution in [0.5, 0.6) is 5.75 Å². The van der Waals surface area contributed by atoms with E-state index >= 15 is 0 Å². The van der Waals surface area contributed by atoms with Gasteiger partial charge in [0.25, 0.3) is 0 Å². The Hall–Kier alpha value is -1.57. The Morgan fingerprint density at radius 2 is 2.00 bits per heavy atom. The Morgan fingerprint density at radius 3 is 2.57 bits per heavy atom. The maximum absolute atomic E-state index is 9.53. The third kappa shape index (κ3) is 1.84. The third-order valence-electron chi connectivity index (χ3n) is 2.02. The molecule has 0 aromatic heterocycles. The summed E-state index contributed by atoms with van der Waals surface area (Å²) in [5.41, 5.74) is 0.755. The molecule has 1 rings (SSSR count). The van der Waals surface area contributed by atoms with Gasteiger partial charge in [-0.15, -0.1) is 0 Å². The first kappa shape index (κ1) is 10.5. The molecule has 0 aliphatic carbocycles. The predicted octanol–water partition coefficient (Wildman–Crippen LogP) is 0.618. The Morgan fingerprint density at radius 1 is 1.36 bits per heavy atom. The highest BCUT2D eigenvalue weighted by molar-refractivity contribution is 5.41. The predicted molar refractivity (Wildman–Crippen MR) is 49.4 cm³/mol. The fraction of sp³-hybridized carbons (Fsp3) is 0.300. The second-order valence-electron chi connectivity index (χ2n) is 3.03. The molecule has 0 bridgehead atoms. The van der Waals surface area contributed by atoms with Crippen LogP contribution in [0.15, 0.2) is 18.2 Å². The minimum absolute atomic E-state index is 0.0886. The average molecular weight is 193 g/mol. The quantitative estimate of drug-likeness (QED) is 0.601. The van der Waals surface area contributed by atoms with Gasteiger partial charge in [0.1, 0.15) is 11.9 Å². The number of aromatic hydroxyl groups is 1. The molecule has 14 heavy (non-hydrogen) atoms. The molecule has 0 aliphatic rings. The number of benzene rings is 1. The maximum atomic E-state index is 9.53. The van der Waals surface area contributed by atoms with Gasteiger partial charge >= 0.3 is 0 Å². The zero-order valence-electron chi connectivity index (χ0n) is 7.68. The van der Waals surface area contributed by atoms with Gasteiger partial charge in [-0.1, -0.05) is 18.2 Å². The average Bonchev–Trinajstić information content (AvgIpc) is 2.20. The highest BCUT2D eigenvalue weighted by Gasteiger charge is 2.21. The Kier molecular flexibility index (Phi) is 3.07. The van der Waals surface area contributed by atoms with Gasteiger partial charge in [-0.25, -0.2) is 0 Å². The molecule has 0 spiro atoms. The van der Waals surface area contributed by atoms with Gasteiger partial charge in [-0.3, -0.25) is 0 Å².